The van der Waals surface area contributed by atoms with Crippen molar-refractivity contribution in [1.82, 2.24) is 15.3 Å². The molecule has 1 amide bonds. The Balaban J connectivity index is 1.37. The molecule has 1 aliphatic rings. The Morgan fingerprint density at radius 2 is 1.69 bits per heavy atom. The maximum absolute atomic E-state index is 13.1. The third-order valence-electron chi connectivity index (χ3n) is 6.31. The fourth-order valence-electron chi connectivity index (χ4n) is 4.33. The summed E-state index contributed by atoms with van der Waals surface area (Å²) >= 11 is 7.05. The predicted octanol–water partition coefficient (Wildman–Crippen LogP) is 4.86. The summed E-state index contributed by atoms with van der Waals surface area (Å²) in [6.45, 7) is 3.56. The topological polar surface area (TPSA) is 104 Å². The molecule has 0 atom stereocenters. The van der Waals surface area contributed by atoms with Gasteiger partial charge >= 0.3 is 0 Å². The Kier molecular flexibility index (Phi) is 7.87. The number of aryl methyl sites for hydroxylation is 1. The number of amides is 1. The molecule has 2 N–H and O–H groups in total. The van der Waals surface area contributed by atoms with Crippen molar-refractivity contribution in [2.45, 2.75) is 61.4 Å². The first-order valence-electron chi connectivity index (χ1n) is 11.7. The lowest BCUT2D eigenvalue weighted by Crippen LogP contribution is -2.40. The van der Waals surface area contributed by atoms with Gasteiger partial charge in [-0.2, -0.15) is 0 Å². The molecule has 0 bridgehead atoms. The van der Waals surface area contributed by atoms with Crippen LogP contribution in [0.5, 0.6) is 0 Å². The molecule has 2 aromatic heterocycles. The Morgan fingerprint density at radius 1 is 1.06 bits per heavy atom. The molecule has 192 valence electrons. The van der Waals surface area contributed by atoms with Crippen molar-refractivity contribution in [2.75, 3.05) is 24.3 Å². The third-order valence-corrected chi connectivity index (χ3v) is 9.69. The minimum absolute atomic E-state index is 0.0397. The van der Waals surface area contributed by atoms with Crippen molar-refractivity contribution < 1.29 is 13.2 Å². The number of halogens is 1. The van der Waals surface area contributed by atoms with Crippen LogP contribution in [0, 0.1) is 13.8 Å². The monoisotopic (exact) mass is 547 g/mol. The number of nitrogens with zero attached hydrogens (tertiary/aromatic N) is 3. The number of carbonyl (C=O) groups is 1. The van der Waals surface area contributed by atoms with Crippen molar-refractivity contribution in [2.24, 2.45) is 0 Å². The highest BCUT2D eigenvalue weighted by molar-refractivity contribution is 7.91. The number of carbonyl (C=O) groups excluding carboxylic acids is 1. The molecule has 1 saturated carbocycles. The molecule has 0 unspecified atom stereocenters. The first-order valence-corrected chi connectivity index (χ1v) is 14.5. The maximum Gasteiger partial charge on any atom is 0.261 e. The summed E-state index contributed by atoms with van der Waals surface area (Å²) in [6.07, 6.45) is 3.44. The lowest BCUT2D eigenvalue weighted by molar-refractivity contribution is 0.0930. The van der Waals surface area contributed by atoms with Crippen molar-refractivity contribution in [3.05, 3.63) is 57.0 Å². The SMILES string of the molecule is Cc1nc(NC2CCC(NC(=O)c3scc(S(=O)(=O)c4ccc(Cl)cc4)c3C)CC2)cc(N(C)C)n1. The second-order valence-electron chi connectivity index (χ2n) is 9.23. The van der Waals surface area contributed by atoms with Crippen LogP contribution >= 0.6 is 22.9 Å². The number of rotatable bonds is 7. The fraction of sp³-hybridized carbons (Fsp3) is 0.400. The number of nitrogens with one attached hydrogen (secondary N) is 2. The molecule has 4 rings (SSSR count). The maximum atomic E-state index is 13.1. The van der Waals surface area contributed by atoms with E-state index < -0.39 is 9.84 Å². The zero-order chi connectivity index (χ0) is 26.0. The van der Waals surface area contributed by atoms with E-state index in [9.17, 15) is 13.2 Å². The van der Waals surface area contributed by atoms with Gasteiger partial charge in [-0.05, 0) is 69.4 Å². The Hall–Kier alpha value is -2.69. The molecule has 3 aromatic rings. The second-order valence-corrected chi connectivity index (χ2v) is 12.5. The van der Waals surface area contributed by atoms with E-state index in [2.05, 4.69) is 20.6 Å². The number of benzene rings is 1. The van der Waals surface area contributed by atoms with E-state index in [-0.39, 0.29) is 27.8 Å². The van der Waals surface area contributed by atoms with E-state index >= 15 is 0 Å². The van der Waals surface area contributed by atoms with Crippen LogP contribution in [0.15, 0.2) is 45.5 Å². The number of anilines is 2. The molecular formula is C25H30ClN5O3S2. The third kappa shape index (κ3) is 5.82. The smallest absolute Gasteiger partial charge is 0.261 e. The Morgan fingerprint density at radius 3 is 2.33 bits per heavy atom. The molecule has 0 radical (unpaired) electrons. The molecule has 0 saturated heterocycles. The molecule has 0 spiro atoms. The van der Waals surface area contributed by atoms with Gasteiger partial charge < -0.3 is 15.5 Å². The zero-order valence-electron chi connectivity index (χ0n) is 20.7. The van der Waals surface area contributed by atoms with Gasteiger partial charge in [0.25, 0.3) is 5.91 Å². The van der Waals surface area contributed by atoms with Crippen molar-refractivity contribution in [1.29, 1.82) is 0 Å². The molecule has 1 fully saturated rings. The van der Waals surface area contributed by atoms with Crippen LogP contribution in [-0.4, -0.2) is 50.5 Å². The van der Waals surface area contributed by atoms with Crippen LogP contribution in [0.2, 0.25) is 5.02 Å². The van der Waals surface area contributed by atoms with E-state index in [1.54, 1.807) is 24.4 Å². The van der Waals surface area contributed by atoms with Gasteiger partial charge in [-0.3, -0.25) is 4.79 Å². The van der Waals surface area contributed by atoms with Gasteiger partial charge in [0.05, 0.1) is 14.7 Å². The molecule has 1 aliphatic carbocycles. The van der Waals surface area contributed by atoms with Crippen LogP contribution in [0.25, 0.3) is 0 Å². The predicted molar refractivity (Wildman–Crippen MR) is 144 cm³/mol. The number of thiophene rings is 1. The molecular weight excluding hydrogens is 518 g/mol. The Labute approximate surface area is 221 Å². The summed E-state index contributed by atoms with van der Waals surface area (Å²) in [4.78, 5) is 24.6. The van der Waals surface area contributed by atoms with Crippen molar-refractivity contribution in [3.8, 4) is 0 Å². The molecule has 8 nitrogen and oxygen atoms in total. The normalized spacial score (nSPS) is 18.0. The molecule has 36 heavy (non-hydrogen) atoms. The number of sulfone groups is 1. The van der Waals surface area contributed by atoms with Gasteiger partial charge in [0, 0.05) is 42.6 Å². The highest BCUT2D eigenvalue weighted by Gasteiger charge is 2.28. The summed E-state index contributed by atoms with van der Waals surface area (Å²) in [5.74, 6) is 2.15. The van der Waals surface area contributed by atoms with Gasteiger partial charge in [-0.15, -0.1) is 11.3 Å². The summed E-state index contributed by atoms with van der Waals surface area (Å²) in [5.41, 5.74) is 0.471. The molecule has 2 heterocycles. The van der Waals surface area contributed by atoms with Crippen LogP contribution in [0.4, 0.5) is 11.6 Å². The number of hydrogen-bond donors (Lipinski definition) is 2. The summed E-state index contributed by atoms with van der Waals surface area (Å²) in [7, 11) is 0.168. The quantitative estimate of drug-likeness (QED) is 0.435. The fourth-order valence-corrected chi connectivity index (χ4v) is 7.28. The lowest BCUT2D eigenvalue weighted by atomic mass is 9.91. The average Bonchev–Trinajstić information content (AvgIpc) is 3.22. The lowest BCUT2D eigenvalue weighted by Gasteiger charge is -2.30. The van der Waals surface area contributed by atoms with Gasteiger partial charge in [-0.25, -0.2) is 18.4 Å². The summed E-state index contributed by atoms with van der Waals surface area (Å²) < 4.78 is 26.1. The van der Waals surface area contributed by atoms with Crippen molar-refractivity contribution in [3.63, 3.8) is 0 Å². The van der Waals surface area contributed by atoms with Crippen LogP contribution in [-0.2, 0) is 9.84 Å². The van der Waals surface area contributed by atoms with E-state index in [1.165, 1.54) is 12.1 Å². The van der Waals surface area contributed by atoms with Gasteiger partial charge in [0.1, 0.15) is 17.5 Å². The van der Waals surface area contributed by atoms with Crippen LogP contribution in [0.1, 0.15) is 46.7 Å². The number of aromatic nitrogens is 2. The standard InChI is InChI=1S/C25H30ClN5O3S2/c1-15-21(36(33,34)20-11-5-17(26)6-12-20)14-35-24(15)25(32)30-19-9-7-18(8-10-19)29-22-13-23(31(3)4)28-16(2)27-22/h5-6,11-14,18-19H,7-10H2,1-4H3,(H,30,32)(H,27,28,29). The van der Waals surface area contributed by atoms with Gasteiger partial charge in [-0.1, -0.05) is 11.6 Å². The largest absolute Gasteiger partial charge is 0.367 e. The molecule has 11 heteroatoms. The second kappa shape index (κ2) is 10.7. The zero-order valence-corrected chi connectivity index (χ0v) is 23.1. The Bertz CT molecular complexity index is 1350. The minimum Gasteiger partial charge on any atom is -0.367 e. The van der Waals surface area contributed by atoms with E-state index in [0.29, 0.717) is 21.3 Å². The highest BCUT2D eigenvalue weighted by Crippen LogP contribution is 2.32. The summed E-state index contributed by atoms with van der Waals surface area (Å²) in [5, 5.41) is 8.62. The number of hydrogen-bond acceptors (Lipinski definition) is 8. The van der Waals surface area contributed by atoms with E-state index in [4.69, 9.17) is 11.6 Å². The van der Waals surface area contributed by atoms with Gasteiger partial charge in [0.2, 0.25) is 9.84 Å². The van der Waals surface area contributed by atoms with E-state index in [1.807, 2.05) is 32.0 Å². The van der Waals surface area contributed by atoms with Gasteiger partial charge in [0.15, 0.2) is 0 Å². The highest BCUT2D eigenvalue weighted by atomic mass is 35.5. The average molecular weight is 548 g/mol. The minimum atomic E-state index is -3.73. The molecule has 0 aliphatic heterocycles. The van der Waals surface area contributed by atoms with Crippen LogP contribution in [0.3, 0.4) is 0 Å². The van der Waals surface area contributed by atoms with E-state index in [0.717, 1.165) is 48.7 Å². The molecule has 1 aromatic carbocycles. The first-order chi connectivity index (χ1) is 17.0. The van der Waals surface area contributed by atoms with Crippen LogP contribution < -0.4 is 15.5 Å². The van der Waals surface area contributed by atoms with Crippen molar-refractivity contribution >= 4 is 50.3 Å². The summed E-state index contributed by atoms with van der Waals surface area (Å²) in [6, 6.07) is 8.29. The first kappa shape index (κ1) is 26.4.